The van der Waals surface area contributed by atoms with Gasteiger partial charge in [0.15, 0.2) is 5.65 Å². The number of thiol groups is 1. The zero-order valence-electron chi connectivity index (χ0n) is 9.14. The van der Waals surface area contributed by atoms with Crippen molar-refractivity contribution in [2.45, 2.75) is 0 Å². The lowest BCUT2D eigenvalue weighted by Gasteiger charge is -2.28. The molecule has 0 bridgehead atoms. The van der Waals surface area contributed by atoms with E-state index in [4.69, 9.17) is 4.74 Å². The van der Waals surface area contributed by atoms with Gasteiger partial charge in [0.05, 0.1) is 25.1 Å². The minimum absolute atomic E-state index is 0.794. The number of halogens is 1. The Labute approximate surface area is 119 Å². The Bertz CT molecular complexity index is 551. The van der Waals surface area contributed by atoms with Crippen LogP contribution in [-0.2, 0) is 4.74 Å². The van der Waals surface area contributed by atoms with Gasteiger partial charge in [-0.3, -0.25) is 3.97 Å². The van der Waals surface area contributed by atoms with Crippen LogP contribution in [0.25, 0.3) is 11.0 Å². The molecule has 0 unspecified atom stereocenters. The van der Waals surface area contributed by atoms with E-state index < -0.39 is 0 Å². The SMILES string of the molecule is Sn1cc(I)c2cc(N3CCOCC3)cnc21. The highest BCUT2D eigenvalue weighted by Gasteiger charge is 2.14. The highest BCUT2D eigenvalue weighted by Crippen LogP contribution is 2.26. The summed E-state index contributed by atoms with van der Waals surface area (Å²) in [6.07, 6.45) is 3.89. The van der Waals surface area contributed by atoms with Crippen LogP contribution >= 0.6 is 35.4 Å². The molecule has 1 aliphatic heterocycles. The number of aromatic nitrogens is 2. The van der Waals surface area contributed by atoms with Gasteiger partial charge < -0.3 is 9.64 Å². The maximum atomic E-state index is 5.36. The fraction of sp³-hybridized carbons (Fsp3) is 0.364. The summed E-state index contributed by atoms with van der Waals surface area (Å²) in [5, 5.41) is 1.16. The highest BCUT2D eigenvalue weighted by atomic mass is 127. The number of hydrogen-bond acceptors (Lipinski definition) is 4. The fourth-order valence-corrected chi connectivity index (χ4v) is 3.21. The van der Waals surface area contributed by atoms with Gasteiger partial charge >= 0.3 is 0 Å². The van der Waals surface area contributed by atoms with Gasteiger partial charge in [-0.1, -0.05) is 12.8 Å². The smallest absolute Gasteiger partial charge is 0.150 e. The van der Waals surface area contributed by atoms with Crippen LogP contribution in [-0.4, -0.2) is 35.3 Å². The van der Waals surface area contributed by atoms with Crippen LogP contribution in [0, 0.1) is 3.57 Å². The van der Waals surface area contributed by atoms with Crippen molar-refractivity contribution < 1.29 is 4.74 Å². The summed E-state index contributed by atoms with van der Waals surface area (Å²) in [6.45, 7) is 3.46. The lowest BCUT2D eigenvalue weighted by atomic mass is 10.3. The predicted octanol–water partition coefficient (Wildman–Crippen LogP) is 2.17. The molecule has 0 aromatic carbocycles. The van der Waals surface area contributed by atoms with Crippen molar-refractivity contribution in [2.75, 3.05) is 31.2 Å². The van der Waals surface area contributed by atoms with E-state index >= 15 is 0 Å². The summed E-state index contributed by atoms with van der Waals surface area (Å²) < 4.78 is 8.30. The summed E-state index contributed by atoms with van der Waals surface area (Å²) in [7, 11) is 0. The van der Waals surface area contributed by atoms with Gasteiger partial charge in [0.1, 0.15) is 0 Å². The van der Waals surface area contributed by atoms with Crippen LogP contribution in [0.5, 0.6) is 0 Å². The summed E-state index contributed by atoms with van der Waals surface area (Å²) in [4.78, 5) is 6.78. The van der Waals surface area contributed by atoms with Gasteiger partial charge in [-0.25, -0.2) is 4.98 Å². The standard InChI is InChI=1S/C11H12IN3OS/c12-10-7-15(17)11-9(10)5-8(6-13-11)14-1-3-16-4-2-14/h5-7,17H,1-4H2. The van der Waals surface area contributed by atoms with Crippen LogP contribution in [0.4, 0.5) is 5.69 Å². The van der Waals surface area contributed by atoms with Crippen molar-refractivity contribution in [1.82, 2.24) is 8.96 Å². The van der Waals surface area contributed by atoms with Crippen LogP contribution in [0.15, 0.2) is 18.5 Å². The van der Waals surface area contributed by atoms with E-state index in [0.29, 0.717) is 0 Å². The van der Waals surface area contributed by atoms with Crippen molar-refractivity contribution in [2.24, 2.45) is 0 Å². The quantitative estimate of drug-likeness (QED) is 0.624. The molecular weight excluding hydrogens is 349 g/mol. The van der Waals surface area contributed by atoms with E-state index in [1.54, 1.807) is 3.97 Å². The van der Waals surface area contributed by atoms with Gasteiger partial charge in [-0.15, -0.1) is 0 Å². The molecule has 2 aromatic rings. The predicted molar refractivity (Wildman–Crippen MR) is 79.9 cm³/mol. The van der Waals surface area contributed by atoms with E-state index in [1.165, 1.54) is 9.26 Å². The Kier molecular flexibility index (Phi) is 3.18. The summed E-state index contributed by atoms with van der Waals surface area (Å²) >= 11 is 6.66. The lowest BCUT2D eigenvalue weighted by Crippen LogP contribution is -2.36. The summed E-state index contributed by atoms with van der Waals surface area (Å²) in [6, 6.07) is 2.18. The number of fused-ring (bicyclic) bond motifs is 1. The average molecular weight is 361 g/mol. The molecule has 90 valence electrons. The number of hydrogen-bond donors (Lipinski definition) is 1. The van der Waals surface area contributed by atoms with Crippen LogP contribution in [0.2, 0.25) is 0 Å². The summed E-state index contributed by atoms with van der Waals surface area (Å²) in [5.74, 6) is 0. The first kappa shape index (κ1) is 11.6. The van der Waals surface area contributed by atoms with Gasteiger partial charge in [0.2, 0.25) is 0 Å². The Balaban J connectivity index is 2.03. The van der Waals surface area contributed by atoms with Gasteiger partial charge in [-0.2, -0.15) is 0 Å². The minimum Gasteiger partial charge on any atom is -0.378 e. The molecule has 3 rings (SSSR count). The molecule has 1 fully saturated rings. The van der Waals surface area contributed by atoms with Crippen molar-refractivity contribution >= 4 is 52.1 Å². The molecule has 0 atom stereocenters. The van der Waals surface area contributed by atoms with Gasteiger partial charge in [0.25, 0.3) is 0 Å². The molecular formula is C11H12IN3OS. The molecule has 0 spiro atoms. The molecule has 4 nitrogen and oxygen atoms in total. The molecule has 1 saturated heterocycles. The summed E-state index contributed by atoms with van der Waals surface area (Å²) in [5.41, 5.74) is 2.08. The first-order valence-corrected chi connectivity index (χ1v) is 6.92. The van der Waals surface area contributed by atoms with E-state index in [9.17, 15) is 0 Å². The Hall–Kier alpha value is -0.470. The number of morpholine rings is 1. The third-order valence-corrected chi connectivity index (χ3v) is 4.10. The molecule has 0 radical (unpaired) electrons. The minimum atomic E-state index is 0.794. The Morgan fingerprint density at radius 2 is 2.12 bits per heavy atom. The van der Waals surface area contributed by atoms with E-state index in [0.717, 1.165) is 37.3 Å². The number of anilines is 1. The number of ether oxygens (including phenoxy) is 1. The maximum Gasteiger partial charge on any atom is 0.150 e. The third-order valence-electron chi connectivity index (χ3n) is 2.94. The number of nitrogens with zero attached hydrogens (tertiary/aromatic N) is 3. The maximum absolute atomic E-state index is 5.36. The van der Waals surface area contributed by atoms with E-state index in [1.807, 2.05) is 12.4 Å². The zero-order chi connectivity index (χ0) is 11.8. The van der Waals surface area contributed by atoms with Crippen molar-refractivity contribution in [3.63, 3.8) is 0 Å². The fourth-order valence-electron chi connectivity index (χ4n) is 2.04. The second kappa shape index (κ2) is 4.66. The average Bonchev–Trinajstić information content (AvgIpc) is 2.66. The van der Waals surface area contributed by atoms with Crippen molar-refractivity contribution in [3.8, 4) is 0 Å². The van der Waals surface area contributed by atoms with E-state index in [-0.39, 0.29) is 0 Å². The van der Waals surface area contributed by atoms with Gasteiger partial charge in [-0.05, 0) is 28.7 Å². The van der Waals surface area contributed by atoms with E-state index in [2.05, 4.69) is 51.4 Å². The lowest BCUT2D eigenvalue weighted by molar-refractivity contribution is 0.122. The molecule has 0 amide bonds. The molecule has 1 aliphatic rings. The number of rotatable bonds is 1. The molecule has 0 aliphatic carbocycles. The Morgan fingerprint density at radius 1 is 1.35 bits per heavy atom. The molecule has 17 heavy (non-hydrogen) atoms. The van der Waals surface area contributed by atoms with Crippen LogP contribution < -0.4 is 4.90 Å². The largest absolute Gasteiger partial charge is 0.378 e. The van der Waals surface area contributed by atoms with Crippen LogP contribution in [0.1, 0.15) is 0 Å². The first-order chi connectivity index (χ1) is 8.25. The number of pyridine rings is 1. The molecule has 0 N–H and O–H groups in total. The van der Waals surface area contributed by atoms with Gasteiger partial charge in [0, 0.05) is 28.2 Å². The van der Waals surface area contributed by atoms with Crippen molar-refractivity contribution in [3.05, 3.63) is 22.0 Å². The molecule has 3 heterocycles. The molecule has 2 aromatic heterocycles. The molecule has 0 saturated carbocycles. The monoisotopic (exact) mass is 361 g/mol. The second-order valence-corrected chi connectivity index (χ2v) is 5.58. The Morgan fingerprint density at radius 3 is 2.88 bits per heavy atom. The molecule has 6 heteroatoms. The topological polar surface area (TPSA) is 30.3 Å². The second-order valence-electron chi connectivity index (χ2n) is 3.99. The van der Waals surface area contributed by atoms with Crippen LogP contribution in [0.3, 0.4) is 0 Å². The normalized spacial score (nSPS) is 16.7. The first-order valence-electron chi connectivity index (χ1n) is 5.44. The zero-order valence-corrected chi connectivity index (χ0v) is 12.2. The highest BCUT2D eigenvalue weighted by molar-refractivity contribution is 14.1. The third kappa shape index (κ3) is 2.13. The van der Waals surface area contributed by atoms with Crippen molar-refractivity contribution in [1.29, 1.82) is 0 Å².